The Labute approximate surface area is 101 Å². The maximum Gasteiger partial charge on any atom is 0.270 e. The molecule has 1 fully saturated rings. The lowest BCUT2D eigenvalue weighted by molar-refractivity contribution is 0.134. The van der Waals surface area contributed by atoms with E-state index in [9.17, 15) is 8.42 Å². The Bertz CT molecular complexity index is 475. The summed E-state index contributed by atoms with van der Waals surface area (Å²) in [5.41, 5.74) is 0. The fraction of sp³-hybridized carbons (Fsp3) is 0.667. The molecule has 0 spiro atoms. The molecule has 0 atom stereocenters. The zero-order chi connectivity index (χ0) is 12.5. The number of H-pyrrole nitrogens is 1. The average Bonchev–Trinajstić information content (AvgIpc) is 2.69. The molecule has 1 aliphatic rings. The first-order valence-electron chi connectivity index (χ1n) is 5.45. The van der Waals surface area contributed by atoms with Crippen LogP contribution in [0.15, 0.2) is 11.2 Å². The number of piperazine rings is 1. The second-order valence-electron chi connectivity index (χ2n) is 4.22. The number of likely N-dealkylation sites (N-methyl/N-ethyl adjacent to an activating group) is 1. The van der Waals surface area contributed by atoms with Crippen LogP contribution >= 0.6 is 0 Å². The Morgan fingerprint density at radius 3 is 2.53 bits per heavy atom. The number of aromatic nitrogens is 2. The number of hydrazine groups is 1. The molecule has 17 heavy (non-hydrogen) atoms. The summed E-state index contributed by atoms with van der Waals surface area (Å²) in [5.74, 6) is 0.587. The van der Waals surface area contributed by atoms with Crippen LogP contribution in [0.2, 0.25) is 0 Å². The number of hydrogen-bond acceptors (Lipinski definition) is 5. The Kier molecular flexibility index (Phi) is 3.48. The summed E-state index contributed by atoms with van der Waals surface area (Å²) in [5, 5.41) is 1.82. The molecule has 0 amide bonds. The summed E-state index contributed by atoms with van der Waals surface area (Å²) in [4.78, 5) is 11.3. The lowest BCUT2D eigenvalue weighted by atomic mass is 10.4. The van der Waals surface area contributed by atoms with Crippen LogP contribution in [0, 0.1) is 6.92 Å². The van der Waals surface area contributed by atoms with E-state index in [0.717, 1.165) is 13.1 Å². The van der Waals surface area contributed by atoms with E-state index in [1.165, 1.54) is 6.20 Å². The Hall–Kier alpha value is -0.960. The molecule has 0 bridgehead atoms. The van der Waals surface area contributed by atoms with Gasteiger partial charge in [0.25, 0.3) is 10.0 Å². The highest BCUT2D eigenvalue weighted by Gasteiger charge is 2.22. The Balaban J connectivity index is 2.03. The second-order valence-corrected chi connectivity index (χ2v) is 5.85. The Morgan fingerprint density at radius 2 is 2.00 bits per heavy atom. The molecule has 0 unspecified atom stereocenters. The Morgan fingerprint density at radius 1 is 1.35 bits per heavy atom. The molecule has 2 rings (SSSR count). The lowest BCUT2D eigenvalue weighted by Crippen LogP contribution is -2.52. The zero-order valence-electron chi connectivity index (χ0n) is 9.97. The summed E-state index contributed by atoms with van der Waals surface area (Å²) in [7, 11) is -1.50. The van der Waals surface area contributed by atoms with E-state index < -0.39 is 10.0 Å². The third-order valence-corrected chi connectivity index (χ3v) is 4.01. The van der Waals surface area contributed by atoms with Crippen LogP contribution in [0.3, 0.4) is 0 Å². The number of nitrogens with zero attached hydrogens (tertiary/aromatic N) is 3. The van der Waals surface area contributed by atoms with Crippen molar-refractivity contribution in [3.05, 3.63) is 12.0 Å². The first kappa shape index (κ1) is 12.5. The largest absolute Gasteiger partial charge is 0.332 e. The highest BCUT2D eigenvalue weighted by atomic mass is 32.2. The molecule has 1 saturated heterocycles. The van der Waals surface area contributed by atoms with Gasteiger partial charge in [-0.1, -0.05) is 0 Å². The minimum Gasteiger partial charge on any atom is -0.332 e. The number of aromatic amines is 1. The number of nitrogens with one attached hydrogen (secondary N) is 2. The predicted molar refractivity (Wildman–Crippen MR) is 62.7 cm³/mol. The highest BCUT2D eigenvalue weighted by Crippen LogP contribution is 2.06. The van der Waals surface area contributed by atoms with Gasteiger partial charge in [0, 0.05) is 26.2 Å². The summed E-state index contributed by atoms with van der Waals surface area (Å²) in [6, 6.07) is 0. The van der Waals surface area contributed by atoms with Crippen LogP contribution in [0.1, 0.15) is 5.82 Å². The van der Waals surface area contributed by atoms with Crippen LogP contribution in [-0.2, 0) is 10.0 Å². The van der Waals surface area contributed by atoms with Crippen molar-refractivity contribution in [1.82, 2.24) is 24.7 Å². The highest BCUT2D eigenvalue weighted by molar-refractivity contribution is 7.89. The van der Waals surface area contributed by atoms with Gasteiger partial charge in [0.1, 0.15) is 5.82 Å². The van der Waals surface area contributed by atoms with E-state index in [1.54, 1.807) is 11.9 Å². The molecule has 2 N–H and O–H groups in total. The van der Waals surface area contributed by atoms with Gasteiger partial charge < -0.3 is 9.88 Å². The van der Waals surface area contributed by atoms with E-state index >= 15 is 0 Å². The SMILES string of the molecule is Cc1ncc(S(=O)(=O)NN2CCN(C)CC2)[nH]1. The standard InChI is InChI=1S/C9H17N5O2S/c1-8-10-7-9(11-8)17(15,16)12-14-5-3-13(2)4-6-14/h7,12H,3-6H2,1-2H3,(H,10,11). The molecule has 1 aromatic rings. The smallest absolute Gasteiger partial charge is 0.270 e. The van der Waals surface area contributed by atoms with Crippen molar-refractivity contribution in [2.24, 2.45) is 0 Å². The number of imidazole rings is 1. The van der Waals surface area contributed by atoms with Crippen molar-refractivity contribution in [2.75, 3.05) is 33.2 Å². The number of aryl methyl sites for hydroxylation is 1. The maximum absolute atomic E-state index is 12.0. The topological polar surface area (TPSA) is 81.3 Å². The maximum atomic E-state index is 12.0. The van der Waals surface area contributed by atoms with Gasteiger partial charge in [0.2, 0.25) is 0 Å². The summed E-state index contributed by atoms with van der Waals surface area (Å²) in [6.07, 6.45) is 1.33. The quantitative estimate of drug-likeness (QED) is 0.739. The monoisotopic (exact) mass is 259 g/mol. The zero-order valence-corrected chi connectivity index (χ0v) is 10.8. The van der Waals surface area contributed by atoms with Gasteiger partial charge >= 0.3 is 0 Å². The first-order valence-corrected chi connectivity index (χ1v) is 6.93. The minimum atomic E-state index is -3.52. The summed E-state index contributed by atoms with van der Waals surface area (Å²) < 4.78 is 23.9. The number of rotatable bonds is 3. The van der Waals surface area contributed by atoms with Crippen LogP contribution < -0.4 is 4.83 Å². The van der Waals surface area contributed by atoms with Gasteiger partial charge in [0.05, 0.1) is 6.20 Å². The van der Waals surface area contributed by atoms with Crippen molar-refractivity contribution in [1.29, 1.82) is 0 Å². The molecule has 0 saturated carbocycles. The van der Waals surface area contributed by atoms with Gasteiger partial charge in [-0.25, -0.2) is 18.4 Å². The second kappa shape index (κ2) is 4.73. The van der Waals surface area contributed by atoms with E-state index in [4.69, 9.17) is 0 Å². The summed E-state index contributed by atoms with van der Waals surface area (Å²) >= 11 is 0. The predicted octanol–water partition coefficient (Wildman–Crippen LogP) is -0.841. The van der Waals surface area contributed by atoms with Crippen LogP contribution in [0.4, 0.5) is 0 Å². The van der Waals surface area contributed by atoms with Crippen molar-refractivity contribution in [2.45, 2.75) is 11.9 Å². The number of hydrogen-bond donors (Lipinski definition) is 2. The van der Waals surface area contributed by atoms with Crippen molar-refractivity contribution >= 4 is 10.0 Å². The van der Waals surface area contributed by atoms with Gasteiger partial charge in [-0.15, -0.1) is 4.83 Å². The molecule has 1 aromatic heterocycles. The molecular weight excluding hydrogens is 242 g/mol. The molecule has 0 aromatic carbocycles. The van der Waals surface area contributed by atoms with Crippen molar-refractivity contribution in [3.8, 4) is 0 Å². The van der Waals surface area contributed by atoms with Crippen LogP contribution in [0.5, 0.6) is 0 Å². The average molecular weight is 259 g/mol. The van der Waals surface area contributed by atoms with E-state index in [-0.39, 0.29) is 5.03 Å². The third kappa shape index (κ3) is 3.03. The van der Waals surface area contributed by atoms with Crippen LogP contribution in [0.25, 0.3) is 0 Å². The molecule has 8 heteroatoms. The van der Waals surface area contributed by atoms with E-state index in [1.807, 2.05) is 7.05 Å². The molecule has 1 aliphatic heterocycles. The number of sulfonamides is 1. The lowest BCUT2D eigenvalue weighted by Gasteiger charge is -2.31. The molecule has 7 nitrogen and oxygen atoms in total. The van der Waals surface area contributed by atoms with Crippen molar-refractivity contribution < 1.29 is 8.42 Å². The molecule has 96 valence electrons. The van der Waals surface area contributed by atoms with E-state index in [0.29, 0.717) is 18.9 Å². The van der Waals surface area contributed by atoms with Gasteiger partial charge in [-0.3, -0.25) is 0 Å². The van der Waals surface area contributed by atoms with Gasteiger partial charge in [0.15, 0.2) is 5.03 Å². The molecule has 0 radical (unpaired) electrons. The fourth-order valence-corrected chi connectivity index (χ4v) is 2.75. The fourth-order valence-electron chi connectivity index (χ4n) is 1.65. The molecule has 2 heterocycles. The normalized spacial score (nSPS) is 19.6. The van der Waals surface area contributed by atoms with Crippen LogP contribution in [-0.4, -0.2) is 61.5 Å². The third-order valence-electron chi connectivity index (χ3n) is 2.72. The van der Waals surface area contributed by atoms with E-state index in [2.05, 4.69) is 19.7 Å². The minimum absolute atomic E-state index is 0.105. The molecule has 0 aliphatic carbocycles. The van der Waals surface area contributed by atoms with Gasteiger partial charge in [-0.05, 0) is 14.0 Å². The molecular formula is C9H17N5O2S. The van der Waals surface area contributed by atoms with Gasteiger partial charge in [-0.2, -0.15) is 0 Å². The first-order chi connectivity index (χ1) is 7.97. The van der Waals surface area contributed by atoms with Crippen molar-refractivity contribution in [3.63, 3.8) is 0 Å². The summed E-state index contributed by atoms with van der Waals surface area (Å²) in [6.45, 7) is 4.79.